The first-order valence-corrected chi connectivity index (χ1v) is 5.82. The van der Waals surface area contributed by atoms with Crippen LogP contribution in [0.15, 0.2) is 23.1 Å². The van der Waals surface area contributed by atoms with Gasteiger partial charge in [0.25, 0.3) is 0 Å². The molecular weight excluding hydrogens is 218 g/mol. The van der Waals surface area contributed by atoms with E-state index in [9.17, 15) is 0 Å². The molecule has 90 valence electrons. The van der Waals surface area contributed by atoms with Crippen molar-refractivity contribution < 1.29 is 9.15 Å². The second kappa shape index (κ2) is 4.00. The summed E-state index contributed by atoms with van der Waals surface area (Å²) in [5.41, 5.74) is 1.57. The highest BCUT2D eigenvalue weighted by Gasteiger charge is 2.23. The fourth-order valence-corrected chi connectivity index (χ4v) is 2.29. The van der Waals surface area contributed by atoms with Crippen LogP contribution < -0.4 is 4.90 Å². The van der Waals surface area contributed by atoms with E-state index in [1.807, 2.05) is 6.07 Å². The fraction of sp³-hybridized carbons (Fsp3) is 0.500. The van der Waals surface area contributed by atoms with Gasteiger partial charge in [-0.3, -0.25) is 0 Å². The van der Waals surface area contributed by atoms with Crippen LogP contribution >= 0.6 is 0 Å². The molecule has 1 saturated heterocycles. The molecular formula is C12H15N3O2. The third-order valence-electron chi connectivity index (χ3n) is 2.95. The van der Waals surface area contributed by atoms with E-state index < -0.39 is 0 Å². The van der Waals surface area contributed by atoms with Gasteiger partial charge in [-0.25, -0.2) is 9.97 Å². The molecule has 17 heavy (non-hydrogen) atoms. The maximum Gasteiger partial charge on any atom is 0.182 e. The molecule has 0 N–H and O–H groups in total. The normalized spacial score (nSPS) is 25.4. The first-order valence-electron chi connectivity index (χ1n) is 5.82. The number of fused-ring (bicyclic) bond motifs is 1. The second-order valence-corrected chi connectivity index (χ2v) is 4.52. The molecule has 0 unspecified atom stereocenters. The number of pyridine rings is 1. The van der Waals surface area contributed by atoms with Crippen LogP contribution in [0.5, 0.6) is 0 Å². The van der Waals surface area contributed by atoms with Crippen LogP contribution in [0.2, 0.25) is 0 Å². The summed E-state index contributed by atoms with van der Waals surface area (Å²) in [6.45, 7) is 5.87. The van der Waals surface area contributed by atoms with Crippen molar-refractivity contribution in [3.05, 3.63) is 18.7 Å². The zero-order valence-corrected chi connectivity index (χ0v) is 9.96. The average molecular weight is 233 g/mol. The largest absolute Gasteiger partial charge is 0.443 e. The van der Waals surface area contributed by atoms with Gasteiger partial charge in [0.1, 0.15) is 11.3 Å². The summed E-state index contributed by atoms with van der Waals surface area (Å²) in [7, 11) is 0. The van der Waals surface area contributed by atoms with Gasteiger partial charge in [-0.05, 0) is 13.8 Å². The fourth-order valence-electron chi connectivity index (χ4n) is 2.29. The Hall–Kier alpha value is -1.62. The van der Waals surface area contributed by atoms with Crippen LogP contribution in [-0.2, 0) is 4.74 Å². The molecule has 2 atom stereocenters. The van der Waals surface area contributed by atoms with Gasteiger partial charge in [-0.1, -0.05) is 0 Å². The molecule has 0 bridgehead atoms. The number of ether oxygens (including phenoxy) is 1. The van der Waals surface area contributed by atoms with E-state index in [0.29, 0.717) is 0 Å². The van der Waals surface area contributed by atoms with Crippen molar-refractivity contribution in [2.24, 2.45) is 0 Å². The Bertz CT molecular complexity index is 515. The van der Waals surface area contributed by atoms with E-state index in [1.165, 1.54) is 6.39 Å². The lowest BCUT2D eigenvalue weighted by atomic mass is 10.2. The number of anilines is 1. The Morgan fingerprint density at radius 3 is 2.76 bits per heavy atom. The standard InChI is InChI=1S/C12H15N3O2/c1-8-5-15(6-9(2)17-8)12-3-11-10(4-13-12)14-7-16-11/h3-4,7-9H,5-6H2,1-2H3/t8-,9+. The molecule has 5 heteroatoms. The molecule has 1 aliphatic heterocycles. The monoisotopic (exact) mass is 233 g/mol. The molecule has 5 nitrogen and oxygen atoms in total. The SMILES string of the molecule is C[C@@H]1CN(c2cc3ocnc3cn2)C[C@H](C)O1. The molecule has 1 fully saturated rings. The highest BCUT2D eigenvalue weighted by molar-refractivity contribution is 5.74. The third-order valence-corrected chi connectivity index (χ3v) is 2.95. The maximum absolute atomic E-state index is 5.71. The van der Waals surface area contributed by atoms with Gasteiger partial charge in [0.05, 0.1) is 18.4 Å². The van der Waals surface area contributed by atoms with Crippen molar-refractivity contribution in [1.29, 1.82) is 0 Å². The van der Waals surface area contributed by atoms with Crippen molar-refractivity contribution in [2.75, 3.05) is 18.0 Å². The Kier molecular flexibility index (Phi) is 2.48. The Morgan fingerprint density at radius 1 is 1.24 bits per heavy atom. The molecule has 0 saturated carbocycles. The zero-order valence-electron chi connectivity index (χ0n) is 9.96. The van der Waals surface area contributed by atoms with E-state index in [1.54, 1.807) is 6.20 Å². The van der Waals surface area contributed by atoms with E-state index in [0.717, 1.165) is 30.0 Å². The minimum atomic E-state index is 0.228. The van der Waals surface area contributed by atoms with Gasteiger partial charge < -0.3 is 14.1 Å². The van der Waals surface area contributed by atoms with Crippen molar-refractivity contribution >= 4 is 16.9 Å². The number of aromatic nitrogens is 2. The minimum absolute atomic E-state index is 0.228. The smallest absolute Gasteiger partial charge is 0.182 e. The Morgan fingerprint density at radius 2 is 2.00 bits per heavy atom. The molecule has 2 aromatic heterocycles. The Labute approximate surface area is 99.4 Å². The van der Waals surface area contributed by atoms with Gasteiger partial charge in [-0.15, -0.1) is 0 Å². The highest BCUT2D eigenvalue weighted by atomic mass is 16.5. The van der Waals surface area contributed by atoms with Crippen molar-refractivity contribution in [1.82, 2.24) is 9.97 Å². The summed E-state index contributed by atoms with van der Waals surface area (Å²) >= 11 is 0. The van der Waals surface area contributed by atoms with Crippen LogP contribution in [0.1, 0.15) is 13.8 Å². The number of oxazole rings is 1. The predicted molar refractivity (Wildman–Crippen MR) is 64.0 cm³/mol. The van der Waals surface area contributed by atoms with E-state index in [2.05, 4.69) is 28.7 Å². The quantitative estimate of drug-likeness (QED) is 0.752. The van der Waals surface area contributed by atoms with Gasteiger partial charge in [0.2, 0.25) is 0 Å². The first kappa shape index (κ1) is 10.5. The lowest BCUT2D eigenvalue weighted by molar-refractivity contribution is -0.00545. The summed E-state index contributed by atoms with van der Waals surface area (Å²) in [6, 6.07) is 1.94. The summed E-state index contributed by atoms with van der Waals surface area (Å²) in [5, 5.41) is 0. The Balaban J connectivity index is 1.91. The number of hydrogen-bond acceptors (Lipinski definition) is 5. The first-order chi connectivity index (χ1) is 8.22. The lowest BCUT2D eigenvalue weighted by Gasteiger charge is -2.35. The molecule has 1 aliphatic rings. The van der Waals surface area contributed by atoms with Gasteiger partial charge in [-0.2, -0.15) is 0 Å². The van der Waals surface area contributed by atoms with Crippen molar-refractivity contribution in [3.63, 3.8) is 0 Å². The van der Waals surface area contributed by atoms with Crippen molar-refractivity contribution in [3.8, 4) is 0 Å². The summed E-state index contributed by atoms with van der Waals surface area (Å²) in [5.74, 6) is 0.927. The van der Waals surface area contributed by atoms with Gasteiger partial charge in [0.15, 0.2) is 12.0 Å². The van der Waals surface area contributed by atoms with Crippen LogP contribution in [-0.4, -0.2) is 35.3 Å². The number of nitrogens with zero attached hydrogens (tertiary/aromatic N) is 3. The molecule has 3 rings (SSSR count). The van der Waals surface area contributed by atoms with E-state index >= 15 is 0 Å². The summed E-state index contributed by atoms with van der Waals surface area (Å²) < 4.78 is 11.0. The van der Waals surface area contributed by atoms with Crippen LogP contribution in [0.4, 0.5) is 5.82 Å². The second-order valence-electron chi connectivity index (χ2n) is 4.52. The summed E-state index contributed by atoms with van der Waals surface area (Å²) in [4.78, 5) is 10.7. The van der Waals surface area contributed by atoms with E-state index in [4.69, 9.17) is 9.15 Å². The average Bonchev–Trinajstić information content (AvgIpc) is 2.74. The van der Waals surface area contributed by atoms with Gasteiger partial charge >= 0.3 is 0 Å². The molecule has 0 aliphatic carbocycles. The molecule has 3 heterocycles. The minimum Gasteiger partial charge on any atom is -0.443 e. The van der Waals surface area contributed by atoms with E-state index in [-0.39, 0.29) is 12.2 Å². The zero-order chi connectivity index (χ0) is 11.8. The third kappa shape index (κ3) is 1.98. The molecule has 0 radical (unpaired) electrons. The lowest BCUT2D eigenvalue weighted by Crippen LogP contribution is -2.45. The number of hydrogen-bond donors (Lipinski definition) is 0. The molecule has 0 aromatic carbocycles. The molecule has 0 amide bonds. The number of rotatable bonds is 1. The topological polar surface area (TPSA) is 51.4 Å². The molecule has 2 aromatic rings. The van der Waals surface area contributed by atoms with Crippen LogP contribution in [0.3, 0.4) is 0 Å². The molecule has 0 spiro atoms. The summed E-state index contributed by atoms with van der Waals surface area (Å²) in [6.07, 6.45) is 3.65. The van der Waals surface area contributed by atoms with Gasteiger partial charge in [0, 0.05) is 19.2 Å². The number of morpholine rings is 1. The predicted octanol–water partition coefficient (Wildman–Crippen LogP) is 1.84. The van der Waals surface area contributed by atoms with Crippen LogP contribution in [0, 0.1) is 0 Å². The highest BCUT2D eigenvalue weighted by Crippen LogP contribution is 2.21. The van der Waals surface area contributed by atoms with Crippen molar-refractivity contribution in [2.45, 2.75) is 26.1 Å². The maximum atomic E-state index is 5.71. The van der Waals surface area contributed by atoms with Crippen LogP contribution in [0.25, 0.3) is 11.1 Å².